The third kappa shape index (κ3) is 8.95. The van der Waals surface area contributed by atoms with Gasteiger partial charge in [0.25, 0.3) is 0 Å². The molecular weight excluding hydrogens is 661 g/mol. The number of amidine groups is 1. The molecule has 0 radical (unpaired) electrons. The highest BCUT2D eigenvalue weighted by Crippen LogP contribution is 2.42. The maximum Gasteiger partial charge on any atom is 0.339 e. The molecular formula is C38H46FN3O9. The second kappa shape index (κ2) is 16.7. The summed E-state index contributed by atoms with van der Waals surface area (Å²) in [5.41, 5.74) is 2.80. The molecule has 0 bridgehead atoms. The quantitative estimate of drug-likeness (QED) is 0.135. The number of esters is 1. The normalized spacial score (nSPS) is 13.9. The number of para-hydroxylation sites is 1. The molecule has 0 spiro atoms. The number of hydrogen-bond acceptors (Lipinski definition) is 10. The van der Waals surface area contributed by atoms with Crippen molar-refractivity contribution in [2.75, 3.05) is 58.1 Å². The van der Waals surface area contributed by atoms with Crippen molar-refractivity contribution in [1.82, 2.24) is 4.90 Å². The van der Waals surface area contributed by atoms with Crippen molar-refractivity contribution in [1.29, 1.82) is 5.41 Å². The zero-order chi connectivity index (χ0) is 37.5. The SMILES string of the molecule is CC(=O)Oc1ccccc1C(=O)O.CCOc1cc2c(c(F)c1OCC)C(=N)N(CC(=O)c1cc(N3CCOCC3)c(OC)c(C(C)(C)C)c1)C2. The van der Waals surface area contributed by atoms with Crippen LogP contribution in [0.25, 0.3) is 0 Å². The molecule has 2 heterocycles. The number of carboxylic acid groups (broad SMARTS) is 1. The number of anilines is 1. The molecule has 0 atom stereocenters. The third-order valence-electron chi connectivity index (χ3n) is 8.23. The summed E-state index contributed by atoms with van der Waals surface area (Å²) < 4.78 is 42.7. The number of Topliss-reactive ketones (excluding diaryl/α,β-unsaturated/α-hetero) is 1. The van der Waals surface area contributed by atoms with Gasteiger partial charge in [0.15, 0.2) is 23.1 Å². The van der Waals surface area contributed by atoms with Crippen LogP contribution >= 0.6 is 0 Å². The first kappa shape index (κ1) is 38.6. The summed E-state index contributed by atoms with van der Waals surface area (Å²) in [7, 11) is 1.65. The number of nitrogens with zero attached hydrogens (tertiary/aromatic N) is 2. The van der Waals surface area contributed by atoms with E-state index < -0.39 is 17.8 Å². The van der Waals surface area contributed by atoms with Gasteiger partial charge in [-0.3, -0.25) is 15.0 Å². The molecule has 0 amide bonds. The number of ether oxygens (including phenoxy) is 5. The molecule has 0 aromatic heterocycles. The van der Waals surface area contributed by atoms with E-state index in [9.17, 15) is 14.4 Å². The van der Waals surface area contributed by atoms with Gasteiger partial charge in [-0.25, -0.2) is 9.18 Å². The van der Waals surface area contributed by atoms with Crippen LogP contribution in [0.5, 0.6) is 23.0 Å². The molecule has 2 aliphatic rings. The van der Waals surface area contributed by atoms with Crippen molar-refractivity contribution >= 4 is 29.2 Å². The highest BCUT2D eigenvalue weighted by atomic mass is 19.1. The number of fused-ring (bicyclic) bond motifs is 1. The molecule has 0 saturated carbocycles. The Balaban J connectivity index is 0.000000378. The molecule has 0 unspecified atom stereocenters. The number of nitrogens with one attached hydrogen (secondary N) is 1. The average molecular weight is 708 g/mol. The van der Waals surface area contributed by atoms with Gasteiger partial charge in [-0.15, -0.1) is 0 Å². The van der Waals surface area contributed by atoms with E-state index in [1.54, 1.807) is 37.1 Å². The summed E-state index contributed by atoms with van der Waals surface area (Å²) >= 11 is 0. The predicted octanol–water partition coefficient (Wildman–Crippen LogP) is 6.10. The van der Waals surface area contributed by atoms with Crippen molar-refractivity contribution in [2.45, 2.75) is 53.5 Å². The highest BCUT2D eigenvalue weighted by molar-refractivity contribution is 6.06. The van der Waals surface area contributed by atoms with E-state index in [-0.39, 0.29) is 59.4 Å². The molecule has 2 N–H and O–H groups in total. The van der Waals surface area contributed by atoms with Gasteiger partial charge < -0.3 is 38.6 Å². The van der Waals surface area contributed by atoms with Crippen LogP contribution in [0.2, 0.25) is 0 Å². The van der Waals surface area contributed by atoms with Gasteiger partial charge in [0, 0.05) is 37.7 Å². The minimum atomic E-state index is -1.11. The van der Waals surface area contributed by atoms with E-state index in [0.29, 0.717) is 49.8 Å². The first-order valence-corrected chi connectivity index (χ1v) is 16.8. The smallest absolute Gasteiger partial charge is 0.339 e. The van der Waals surface area contributed by atoms with E-state index in [1.165, 1.54) is 19.1 Å². The number of carbonyl (C=O) groups excluding carboxylic acids is 2. The second-order valence-electron chi connectivity index (χ2n) is 12.9. The summed E-state index contributed by atoms with van der Waals surface area (Å²) in [5, 5.41) is 17.4. The molecule has 1 fully saturated rings. The lowest BCUT2D eigenvalue weighted by Crippen LogP contribution is -2.37. The lowest BCUT2D eigenvalue weighted by atomic mass is 9.84. The lowest BCUT2D eigenvalue weighted by molar-refractivity contribution is -0.131. The molecule has 1 saturated heterocycles. The number of carbonyl (C=O) groups is 3. The van der Waals surface area contributed by atoms with Crippen LogP contribution in [0.15, 0.2) is 42.5 Å². The number of methoxy groups -OCH3 is 1. The largest absolute Gasteiger partial charge is 0.494 e. The lowest BCUT2D eigenvalue weighted by Gasteiger charge is -2.33. The van der Waals surface area contributed by atoms with Crippen molar-refractivity contribution in [3.8, 4) is 23.0 Å². The molecule has 3 aromatic rings. The van der Waals surface area contributed by atoms with Gasteiger partial charge in [0.05, 0.1) is 51.3 Å². The number of rotatable bonds is 11. The van der Waals surface area contributed by atoms with Crippen LogP contribution in [-0.4, -0.2) is 86.7 Å². The number of ketones is 1. The van der Waals surface area contributed by atoms with Gasteiger partial charge in [-0.05, 0) is 55.2 Å². The fourth-order valence-electron chi connectivity index (χ4n) is 5.90. The highest BCUT2D eigenvalue weighted by Gasteiger charge is 2.34. The molecule has 13 heteroatoms. The number of halogens is 1. The number of aromatic carboxylic acids is 1. The number of benzene rings is 3. The van der Waals surface area contributed by atoms with E-state index in [4.69, 9.17) is 29.5 Å². The molecule has 274 valence electrons. The van der Waals surface area contributed by atoms with Crippen LogP contribution in [-0.2, 0) is 21.5 Å². The van der Waals surface area contributed by atoms with Crippen LogP contribution in [0.1, 0.15) is 78.9 Å². The van der Waals surface area contributed by atoms with Crippen molar-refractivity contribution in [3.63, 3.8) is 0 Å². The first-order valence-electron chi connectivity index (χ1n) is 16.8. The summed E-state index contributed by atoms with van der Waals surface area (Å²) in [6.07, 6.45) is 0. The standard InChI is InChI=1S/C29H38FN3O5.C9H8O4/c1-7-37-23-15-19-16-33(28(31)24(19)25(30)27(23)38-8-2)17-22(34)18-13-20(29(3,4)5)26(35-6)21(14-18)32-9-11-36-12-10-32;1-6(10)13-8-5-3-2-4-7(8)9(11)12/h13-15,31H,7-12,16-17H2,1-6H3;2-5H,1H3,(H,11,12). The van der Waals surface area contributed by atoms with Crippen LogP contribution in [0.4, 0.5) is 10.1 Å². The Morgan fingerprint density at radius 2 is 1.65 bits per heavy atom. The Labute approximate surface area is 297 Å². The molecule has 0 aliphatic carbocycles. The number of morpholine rings is 1. The Morgan fingerprint density at radius 1 is 0.980 bits per heavy atom. The summed E-state index contributed by atoms with van der Waals surface area (Å²) in [4.78, 5) is 38.6. The maximum absolute atomic E-state index is 15.5. The van der Waals surface area contributed by atoms with Crippen LogP contribution < -0.4 is 23.8 Å². The Hall–Kier alpha value is -5.17. The fourth-order valence-corrected chi connectivity index (χ4v) is 5.90. The minimum absolute atomic E-state index is 0.00570. The Bertz CT molecular complexity index is 1780. The van der Waals surface area contributed by atoms with E-state index in [1.807, 2.05) is 19.1 Å². The molecule has 5 rings (SSSR count). The third-order valence-corrected chi connectivity index (χ3v) is 8.23. The monoisotopic (exact) mass is 707 g/mol. The average Bonchev–Trinajstić information content (AvgIpc) is 3.40. The van der Waals surface area contributed by atoms with Crippen molar-refractivity contribution in [3.05, 3.63) is 76.1 Å². The van der Waals surface area contributed by atoms with E-state index >= 15 is 4.39 Å². The Morgan fingerprint density at radius 3 is 2.24 bits per heavy atom. The molecule has 2 aliphatic heterocycles. The van der Waals surface area contributed by atoms with Crippen LogP contribution in [0, 0.1) is 11.2 Å². The van der Waals surface area contributed by atoms with Gasteiger partial charge in [0.1, 0.15) is 22.9 Å². The second-order valence-corrected chi connectivity index (χ2v) is 12.9. The zero-order valence-corrected chi connectivity index (χ0v) is 30.2. The minimum Gasteiger partial charge on any atom is -0.494 e. The summed E-state index contributed by atoms with van der Waals surface area (Å²) in [5.74, 6) is -1.31. The van der Waals surface area contributed by atoms with Gasteiger partial charge in [-0.1, -0.05) is 32.9 Å². The van der Waals surface area contributed by atoms with Crippen LogP contribution in [0.3, 0.4) is 0 Å². The number of hydrogen-bond donors (Lipinski definition) is 2. The fraction of sp³-hybridized carbons (Fsp3) is 0.421. The maximum atomic E-state index is 15.5. The summed E-state index contributed by atoms with van der Waals surface area (Å²) in [6, 6.07) is 11.5. The number of carboxylic acids is 1. The molecule has 3 aromatic carbocycles. The van der Waals surface area contributed by atoms with Gasteiger partial charge in [0.2, 0.25) is 0 Å². The Kier molecular flexibility index (Phi) is 12.6. The van der Waals surface area contributed by atoms with E-state index in [0.717, 1.165) is 17.0 Å². The topological polar surface area (TPSA) is 148 Å². The first-order chi connectivity index (χ1) is 24.2. The van der Waals surface area contributed by atoms with Crippen molar-refractivity contribution < 1.29 is 47.6 Å². The van der Waals surface area contributed by atoms with E-state index in [2.05, 4.69) is 30.4 Å². The summed E-state index contributed by atoms with van der Waals surface area (Å²) in [6.45, 7) is 14.5. The van der Waals surface area contributed by atoms with Gasteiger partial charge in [-0.2, -0.15) is 0 Å². The molecule has 51 heavy (non-hydrogen) atoms. The van der Waals surface area contributed by atoms with Gasteiger partial charge >= 0.3 is 11.9 Å². The zero-order valence-electron chi connectivity index (χ0n) is 30.2. The predicted molar refractivity (Wildman–Crippen MR) is 190 cm³/mol. The molecule has 12 nitrogen and oxygen atoms in total. The van der Waals surface area contributed by atoms with Crippen molar-refractivity contribution in [2.24, 2.45) is 0 Å².